The lowest BCUT2D eigenvalue weighted by molar-refractivity contribution is 0.100. The number of nitrogens with zero attached hydrogens (tertiary/aromatic N) is 1. The summed E-state index contributed by atoms with van der Waals surface area (Å²) in [5.41, 5.74) is 9.99. The van der Waals surface area contributed by atoms with Crippen molar-refractivity contribution < 1.29 is 4.79 Å². The molecule has 98 valence electrons. The molecular formula is C13H18ClN3O. The number of carbonyl (C=O) groups excluding carboxylic acids is 1. The van der Waals surface area contributed by atoms with Crippen LogP contribution in [0.4, 0.5) is 0 Å². The maximum absolute atomic E-state index is 11.0. The Kier molecular flexibility index (Phi) is 4.58. The Labute approximate surface area is 112 Å². The first-order valence-corrected chi connectivity index (χ1v) is 6.61. The zero-order valence-corrected chi connectivity index (χ0v) is 11.0. The number of carbonyl (C=O) groups is 1. The van der Waals surface area contributed by atoms with Crippen LogP contribution < -0.4 is 11.2 Å². The topological polar surface area (TPSA) is 58.4 Å². The van der Waals surface area contributed by atoms with E-state index < -0.39 is 5.91 Å². The standard InChI is InChI=1S/C13H18ClN3O/c14-12-8-10(13(15)18)4-5-11(12)9-16-17-6-2-1-3-7-17/h4-5,8,16H,1-3,6-7,9H2,(H2,15,18). The Morgan fingerprint density at radius 1 is 1.33 bits per heavy atom. The first kappa shape index (κ1) is 13.3. The lowest BCUT2D eigenvalue weighted by atomic mass is 10.1. The summed E-state index contributed by atoms with van der Waals surface area (Å²) in [6.07, 6.45) is 3.79. The van der Waals surface area contributed by atoms with E-state index in [9.17, 15) is 4.79 Å². The van der Waals surface area contributed by atoms with Crippen LogP contribution in [0.2, 0.25) is 5.02 Å². The average Bonchev–Trinajstić information content (AvgIpc) is 2.38. The van der Waals surface area contributed by atoms with Gasteiger partial charge in [-0.3, -0.25) is 10.2 Å². The van der Waals surface area contributed by atoms with Crippen LogP contribution in [0.1, 0.15) is 35.2 Å². The third-order valence-electron chi connectivity index (χ3n) is 3.19. The number of rotatable bonds is 4. The molecule has 0 aromatic heterocycles. The fourth-order valence-electron chi connectivity index (χ4n) is 2.09. The number of nitrogens with two attached hydrogens (primary N) is 1. The molecule has 1 aromatic carbocycles. The molecule has 4 nitrogen and oxygen atoms in total. The maximum Gasteiger partial charge on any atom is 0.248 e. The smallest absolute Gasteiger partial charge is 0.248 e. The van der Waals surface area contributed by atoms with Crippen LogP contribution in [0.15, 0.2) is 18.2 Å². The minimum Gasteiger partial charge on any atom is -0.366 e. The molecule has 1 amide bonds. The summed E-state index contributed by atoms with van der Waals surface area (Å²) in [6.45, 7) is 2.84. The van der Waals surface area contributed by atoms with Crippen LogP contribution in [0, 0.1) is 0 Å². The van der Waals surface area contributed by atoms with Crippen molar-refractivity contribution in [3.05, 3.63) is 34.3 Å². The molecule has 1 saturated heterocycles. The molecule has 0 spiro atoms. The van der Waals surface area contributed by atoms with E-state index in [1.807, 2.05) is 6.07 Å². The summed E-state index contributed by atoms with van der Waals surface area (Å²) in [5.74, 6) is -0.451. The second-order valence-corrected chi connectivity index (χ2v) is 4.96. The van der Waals surface area contributed by atoms with Crippen LogP contribution >= 0.6 is 11.6 Å². The van der Waals surface area contributed by atoms with Crippen LogP contribution in [-0.2, 0) is 6.54 Å². The van der Waals surface area contributed by atoms with Gasteiger partial charge < -0.3 is 5.73 Å². The second-order valence-electron chi connectivity index (χ2n) is 4.55. The molecule has 0 unspecified atom stereocenters. The highest BCUT2D eigenvalue weighted by Crippen LogP contribution is 2.18. The van der Waals surface area contributed by atoms with Crippen LogP contribution in [-0.4, -0.2) is 24.0 Å². The second kappa shape index (κ2) is 6.18. The normalized spacial score (nSPS) is 16.7. The first-order chi connectivity index (χ1) is 8.66. The predicted octanol–water partition coefficient (Wildman–Crippen LogP) is 1.93. The molecule has 18 heavy (non-hydrogen) atoms. The number of hydrogen-bond acceptors (Lipinski definition) is 3. The summed E-state index contributed by atoms with van der Waals surface area (Å²) in [4.78, 5) is 11.0. The molecule has 2 rings (SSSR count). The van der Waals surface area contributed by atoms with Gasteiger partial charge in [0.15, 0.2) is 0 Å². The van der Waals surface area contributed by atoms with E-state index in [0.29, 0.717) is 17.1 Å². The van der Waals surface area contributed by atoms with E-state index in [0.717, 1.165) is 18.7 Å². The summed E-state index contributed by atoms with van der Waals surface area (Å²) in [6, 6.07) is 5.18. The molecule has 0 aliphatic carbocycles. The van der Waals surface area contributed by atoms with Gasteiger partial charge in [-0.05, 0) is 30.5 Å². The average molecular weight is 268 g/mol. The molecule has 1 fully saturated rings. The van der Waals surface area contributed by atoms with Crippen molar-refractivity contribution in [2.24, 2.45) is 5.73 Å². The predicted molar refractivity (Wildman–Crippen MR) is 72.2 cm³/mol. The lowest BCUT2D eigenvalue weighted by Gasteiger charge is -2.27. The third kappa shape index (κ3) is 3.45. The Balaban J connectivity index is 1.94. The molecule has 1 aliphatic heterocycles. The van der Waals surface area contributed by atoms with E-state index >= 15 is 0 Å². The maximum atomic E-state index is 11.0. The van der Waals surface area contributed by atoms with Crippen molar-refractivity contribution in [3.8, 4) is 0 Å². The third-order valence-corrected chi connectivity index (χ3v) is 3.54. The molecule has 5 heteroatoms. The van der Waals surface area contributed by atoms with E-state index in [-0.39, 0.29) is 0 Å². The molecular weight excluding hydrogens is 250 g/mol. The molecule has 0 bridgehead atoms. The lowest BCUT2D eigenvalue weighted by Crippen LogP contribution is -2.41. The van der Waals surface area contributed by atoms with Gasteiger partial charge in [0.25, 0.3) is 0 Å². The number of hydrogen-bond donors (Lipinski definition) is 2. The van der Waals surface area contributed by atoms with Crippen molar-refractivity contribution in [1.82, 2.24) is 10.4 Å². The molecule has 1 aromatic rings. The Bertz CT molecular complexity index is 430. The summed E-state index contributed by atoms with van der Waals surface area (Å²) >= 11 is 6.12. The van der Waals surface area contributed by atoms with Gasteiger partial charge in [0, 0.05) is 30.2 Å². The van der Waals surface area contributed by atoms with Crippen LogP contribution in [0.5, 0.6) is 0 Å². The van der Waals surface area contributed by atoms with E-state index in [1.165, 1.54) is 19.3 Å². The van der Waals surface area contributed by atoms with Crippen LogP contribution in [0.3, 0.4) is 0 Å². The van der Waals surface area contributed by atoms with Gasteiger partial charge in [0.2, 0.25) is 5.91 Å². The van der Waals surface area contributed by atoms with Gasteiger partial charge in [-0.1, -0.05) is 24.1 Å². The summed E-state index contributed by atoms with van der Waals surface area (Å²) in [7, 11) is 0. The fourth-order valence-corrected chi connectivity index (χ4v) is 2.34. The Hall–Kier alpha value is -1.10. The van der Waals surface area contributed by atoms with Gasteiger partial charge in [0.1, 0.15) is 0 Å². The van der Waals surface area contributed by atoms with E-state index in [1.54, 1.807) is 12.1 Å². The fraction of sp³-hybridized carbons (Fsp3) is 0.462. The SMILES string of the molecule is NC(=O)c1ccc(CNN2CCCCC2)c(Cl)c1. The Morgan fingerprint density at radius 2 is 2.06 bits per heavy atom. The highest BCUT2D eigenvalue weighted by Gasteiger charge is 2.10. The van der Waals surface area contributed by atoms with Crippen molar-refractivity contribution in [2.75, 3.05) is 13.1 Å². The summed E-state index contributed by atoms with van der Waals surface area (Å²) < 4.78 is 0. The number of nitrogens with one attached hydrogen (secondary N) is 1. The molecule has 1 heterocycles. The van der Waals surface area contributed by atoms with Gasteiger partial charge >= 0.3 is 0 Å². The zero-order valence-electron chi connectivity index (χ0n) is 10.3. The van der Waals surface area contributed by atoms with E-state index in [2.05, 4.69) is 10.4 Å². The van der Waals surface area contributed by atoms with Gasteiger partial charge in [-0.15, -0.1) is 0 Å². The highest BCUT2D eigenvalue weighted by atomic mass is 35.5. The minimum atomic E-state index is -0.451. The van der Waals surface area contributed by atoms with Crippen LogP contribution in [0.25, 0.3) is 0 Å². The van der Waals surface area contributed by atoms with Crippen molar-refractivity contribution in [3.63, 3.8) is 0 Å². The Morgan fingerprint density at radius 3 is 2.67 bits per heavy atom. The largest absolute Gasteiger partial charge is 0.366 e. The van der Waals surface area contributed by atoms with Crippen molar-refractivity contribution >= 4 is 17.5 Å². The quantitative estimate of drug-likeness (QED) is 0.876. The molecule has 0 saturated carbocycles. The zero-order chi connectivity index (χ0) is 13.0. The number of primary amides is 1. The monoisotopic (exact) mass is 267 g/mol. The number of piperidine rings is 1. The number of hydrazine groups is 1. The molecule has 0 radical (unpaired) electrons. The number of halogens is 1. The molecule has 1 aliphatic rings. The number of benzene rings is 1. The minimum absolute atomic E-state index is 0.446. The van der Waals surface area contributed by atoms with E-state index in [4.69, 9.17) is 17.3 Å². The highest BCUT2D eigenvalue weighted by molar-refractivity contribution is 6.31. The van der Waals surface area contributed by atoms with Crippen molar-refractivity contribution in [2.45, 2.75) is 25.8 Å². The molecule has 0 atom stereocenters. The van der Waals surface area contributed by atoms with Gasteiger partial charge in [-0.2, -0.15) is 0 Å². The molecule has 3 N–H and O–H groups in total. The van der Waals surface area contributed by atoms with Gasteiger partial charge in [0.05, 0.1) is 0 Å². The van der Waals surface area contributed by atoms with Gasteiger partial charge in [-0.25, -0.2) is 5.01 Å². The summed E-state index contributed by atoms with van der Waals surface area (Å²) in [5, 5.41) is 2.80. The van der Waals surface area contributed by atoms with Crippen molar-refractivity contribution in [1.29, 1.82) is 0 Å². The number of amides is 1. The first-order valence-electron chi connectivity index (χ1n) is 6.23.